The summed E-state index contributed by atoms with van der Waals surface area (Å²) in [6, 6.07) is -0.0455. The smallest absolute Gasteiger partial charge is 0.410 e. The Balaban J connectivity index is 0.00000480. The molecule has 0 aromatic carbocycles. The molecular formula is C20H37F3IN5O2. The minimum Gasteiger partial charge on any atom is -0.444 e. The molecule has 2 saturated heterocycles. The molecule has 2 heterocycles. The summed E-state index contributed by atoms with van der Waals surface area (Å²) in [6.45, 7) is 7.59. The molecule has 2 aliphatic rings. The topological polar surface area (TPSA) is 69.2 Å². The van der Waals surface area contributed by atoms with Gasteiger partial charge in [-0.1, -0.05) is 0 Å². The van der Waals surface area contributed by atoms with Crippen molar-refractivity contribution in [2.75, 3.05) is 46.3 Å². The Hall–Kier alpha value is -0.980. The molecule has 2 aliphatic heterocycles. The van der Waals surface area contributed by atoms with Crippen LogP contribution < -0.4 is 10.6 Å². The number of aliphatic imine (C=N–C) groups is 1. The number of carbonyl (C=O) groups excluding carboxylic acids is 1. The first-order chi connectivity index (χ1) is 13.9. The highest BCUT2D eigenvalue weighted by molar-refractivity contribution is 14.0. The third-order valence-electron chi connectivity index (χ3n) is 5.26. The number of carbonyl (C=O) groups is 1. The zero-order valence-electron chi connectivity index (χ0n) is 18.9. The molecule has 182 valence electrons. The molecule has 0 radical (unpaired) electrons. The van der Waals surface area contributed by atoms with Gasteiger partial charge in [0.25, 0.3) is 0 Å². The summed E-state index contributed by atoms with van der Waals surface area (Å²) in [7, 11) is 1.66. The molecule has 0 saturated carbocycles. The molecule has 1 amide bonds. The highest BCUT2D eigenvalue weighted by Gasteiger charge is 2.34. The van der Waals surface area contributed by atoms with Gasteiger partial charge in [0.15, 0.2) is 5.96 Å². The molecule has 0 spiro atoms. The second-order valence-corrected chi connectivity index (χ2v) is 9.20. The summed E-state index contributed by atoms with van der Waals surface area (Å²) in [5, 5.41) is 6.47. The number of ether oxygens (including phenoxy) is 1. The van der Waals surface area contributed by atoms with Crippen molar-refractivity contribution in [1.29, 1.82) is 0 Å². The van der Waals surface area contributed by atoms with Crippen LogP contribution in [0.4, 0.5) is 18.0 Å². The molecule has 0 aromatic heterocycles. The molecule has 2 rings (SSSR count). The fourth-order valence-corrected chi connectivity index (χ4v) is 3.92. The highest BCUT2D eigenvalue weighted by Crippen LogP contribution is 2.22. The lowest BCUT2D eigenvalue weighted by atomic mass is 9.95. The van der Waals surface area contributed by atoms with E-state index < -0.39 is 18.3 Å². The van der Waals surface area contributed by atoms with Crippen LogP contribution in [0.5, 0.6) is 0 Å². The normalized spacial score (nSPS) is 23.3. The molecule has 2 N–H and O–H groups in total. The Morgan fingerprint density at radius 1 is 1.16 bits per heavy atom. The van der Waals surface area contributed by atoms with Crippen molar-refractivity contribution < 1.29 is 22.7 Å². The number of amides is 1. The van der Waals surface area contributed by atoms with E-state index in [-0.39, 0.29) is 36.1 Å². The lowest BCUT2D eigenvalue weighted by Crippen LogP contribution is -2.46. The third-order valence-corrected chi connectivity index (χ3v) is 5.26. The van der Waals surface area contributed by atoms with Gasteiger partial charge in [0.05, 0.1) is 6.54 Å². The molecular weight excluding hydrogens is 526 g/mol. The van der Waals surface area contributed by atoms with Crippen molar-refractivity contribution in [3.8, 4) is 0 Å². The number of piperidine rings is 1. The number of halogens is 4. The Morgan fingerprint density at radius 3 is 2.48 bits per heavy atom. The molecule has 0 aliphatic carbocycles. The second-order valence-electron chi connectivity index (χ2n) is 9.20. The van der Waals surface area contributed by atoms with Crippen LogP contribution in [0, 0.1) is 5.92 Å². The second kappa shape index (κ2) is 12.3. The molecule has 0 aromatic rings. The average Bonchev–Trinajstić information content (AvgIpc) is 3.04. The van der Waals surface area contributed by atoms with Gasteiger partial charge < -0.3 is 20.3 Å². The van der Waals surface area contributed by atoms with E-state index in [4.69, 9.17) is 4.74 Å². The molecule has 2 atom stereocenters. The van der Waals surface area contributed by atoms with Crippen molar-refractivity contribution in [2.45, 2.75) is 64.3 Å². The van der Waals surface area contributed by atoms with E-state index in [0.29, 0.717) is 44.5 Å². The molecule has 0 bridgehead atoms. The standard InChI is InChI=1S/C20H36F3N5O2.HI/c1-19(2,3)30-18(29)28-10-5-6-15(12-28)7-9-25-17(24-4)26-16-8-11-27(13-16)14-20(21,22)23;/h15-16H,5-14H2,1-4H3,(H2,24,25,26);1H. The molecule has 11 heteroatoms. The van der Waals surface area contributed by atoms with E-state index in [1.54, 1.807) is 11.9 Å². The summed E-state index contributed by atoms with van der Waals surface area (Å²) in [5.41, 5.74) is -0.500. The van der Waals surface area contributed by atoms with Gasteiger partial charge in [-0.15, -0.1) is 24.0 Å². The van der Waals surface area contributed by atoms with E-state index in [1.807, 2.05) is 20.8 Å². The minimum atomic E-state index is -4.16. The number of hydrogen-bond donors (Lipinski definition) is 2. The van der Waals surface area contributed by atoms with Crippen molar-refractivity contribution in [3.05, 3.63) is 0 Å². The fraction of sp³-hybridized carbons (Fsp3) is 0.900. The van der Waals surface area contributed by atoms with Gasteiger partial charge in [-0.3, -0.25) is 9.89 Å². The molecule has 31 heavy (non-hydrogen) atoms. The molecule has 7 nitrogen and oxygen atoms in total. The number of rotatable bonds is 5. The van der Waals surface area contributed by atoms with Gasteiger partial charge in [-0.2, -0.15) is 13.2 Å². The first kappa shape index (κ1) is 28.1. The third kappa shape index (κ3) is 10.9. The summed E-state index contributed by atoms with van der Waals surface area (Å²) in [5.74, 6) is 0.985. The van der Waals surface area contributed by atoms with E-state index in [2.05, 4.69) is 15.6 Å². The quantitative estimate of drug-likeness (QED) is 0.305. The van der Waals surface area contributed by atoms with Gasteiger partial charge in [0, 0.05) is 45.8 Å². The van der Waals surface area contributed by atoms with Crippen molar-refractivity contribution in [3.63, 3.8) is 0 Å². The maximum absolute atomic E-state index is 12.5. The number of hydrogen-bond acceptors (Lipinski definition) is 4. The van der Waals surface area contributed by atoms with Gasteiger partial charge >= 0.3 is 12.3 Å². The van der Waals surface area contributed by atoms with E-state index in [0.717, 1.165) is 25.8 Å². The lowest BCUT2D eigenvalue weighted by Gasteiger charge is -2.34. The van der Waals surface area contributed by atoms with Crippen molar-refractivity contribution in [1.82, 2.24) is 20.4 Å². The summed E-state index contributed by atoms with van der Waals surface area (Å²) < 4.78 is 43.1. The summed E-state index contributed by atoms with van der Waals surface area (Å²) >= 11 is 0. The van der Waals surface area contributed by atoms with Crippen LogP contribution in [0.1, 0.15) is 46.5 Å². The van der Waals surface area contributed by atoms with Crippen LogP contribution in [0.3, 0.4) is 0 Å². The van der Waals surface area contributed by atoms with Crippen LogP contribution in [0.25, 0.3) is 0 Å². The Kier molecular flexibility index (Phi) is 11.1. The predicted octanol–water partition coefficient (Wildman–Crippen LogP) is 3.44. The minimum absolute atomic E-state index is 0. The van der Waals surface area contributed by atoms with Gasteiger partial charge in [0.1, 0.15) is 5.60 Å². The maximum Gasteiger partial charge on any atom is 0.410 e. The fourth-order valence-electron chi connectivity index (χ4n) is 3.92. The van der Waals surface area contributed by atoms with E-state index in [9.17, 15) is 18.0 Å². The molecule has 2 fully saturated rings. The zero-order chi connectivity index (χ0) is 22.4. The summed E-state index contributed by atoms with van der Waals surface area (Å²) in [4.78, 5) is 19.7. The van der Waals surface area contributed by atoms with E-state index in [1.165, 1.54) is 4.90 Å². The largest absolute Gasteiger partial charge is 0.444 e. The van der Waals surface area contributed by atoms with Crippen LogP contribution in [0.15, 0.2) is 4.99 Å². The van der Waals surface area contributed by atoms with Crippen LogP contribution in [-0.4, -0.2) is 86.0 Å². The Labute approximate surface area is 200 Å². The number of alkyl halides is 3. The predicted molar refractivity (Wildman–Crippen MR) is 126 cm³/mol. The van der Waals surface area contributed by atoms with Crippen LogP contribution >= 0.6 is 24.0 Å². The monoisotopic (exact) mass is 563 g/mol. The zero-order valence-corrected chi connectivity index (χ0v) is 21.3. The Bertz CT molecular complexity index is 598. The first-order valence-corrected chi connectivity index (χ1v) is 10.7. The van der Waals surface area contributed by atoms with Gasteiger partial charge in [0.2, 0.25) is 0 Å². The van der Waals surface area contributed by atoms with Crippen molar-refractivity contribution in [2.24, 2.45) is 10.9 Å². The number of nitrogens with zero attached hydrogens (tertiary/aromatic N) is 3. The van der Waals surface area contributed by atoms with Crippen LogP contribution in [-0.2, 0) is 4.74 Å². The lowest BCUT2D eigenvalue weighted by molar-refractivity contribution is -0.143. The maximum atomic E-state index is 12.5. The first-order valence-electron chi connectivity index (χ1n) is 10.7. The number of nitrogens with one attached hydrogen (secondary N) is 2. The van der Waals surface area contributed by atoms with Crippen molar-refractivity contribution >= 4 is 36.0 Å². The SMILES string of the molecule is CN=C(NCCC1CCCN(C(=O)OC(C)(C)C)C1)NC1CCN(CC(F)(F)F)C1.I. The molecule has 2 unspecified atom stereocenters. The average molecular weight is 563 g/mol. The number of likely N-dealkylation sites (tertiary alicyclic amines) is 2. The Morgan fingerprint density at radius 2 is 1.87 bits per heavy atom. The van der Waals surface area contributed by atoms with Gasteiger partial charge in [-0.25, -0.2) is 4.79 Å². The summed E-state index contributed by atoms with van der Waals surface area (Å²) in [6.07, 6.45) is -0.880. The van der Waals surface area contributed by atoms with E-state index >= 15 is 0 Å². The van der Waals surface area contributed by atoms with Crippen LogP contribution in [0.2, 0.25) is 0 Å². The number of guanidine groups is 1. The van der Waals surface area contributed by atoms with Gasteiger partial charge in [-0.05, 0) is 52.4 Å². The highest BCUT2D eigenvalue weighted by atomic mass is 127.